The molecule has 1 fully saturated rings. The van der Waals surface area contributed by atoms with Gasteiger partial charge in [0.15, 0.2) is 11.5 Å². The summed E-state index contributed by atoms with van der Waals surface area (Å²) in [5.74, 6) is -0.538. The van der Waals surface area contributed by atoms with Crippen LogP contribution in [0, 0.1) is 5.92 Å². The second kappa shape index (κ2) is 3.76. The second-order valence-electron chi connectivity index (χ2n) is 3.66. The van der Waals surface area contributed by atoms with Gasteiger partial charge in [-0.25, -0.2) is 0 Å². The quantitative estimate of drug-likeness (QED) is 0.635. The van der Waals surface area contributed by atoms with Gasteiger partial charge in [-0.2, -0.15) is 0 Å². The third kappa shape index (κ3) is 2.08. The molecular formula is C9H11N5O2. The van der Waals surface area contributed by atoms with Crippen LogP contribution in [-0.2, 0) is 4.79 Å². The zero-order chi connectivity index (χ0) is 11.7. The molecule has 0 aromatic carbocycles. The molecular weight excluding hydrogens is 210 g/mol. The second-order valence-corrected chi connectivity index (χ2v) is 3.66. The summed E-state index contributed by atoms with van der Waals surface area (Å²) >= 11 is 0. The van der Waals surface area contributed by atoms with Crippen LogP contribution in [0.4, 0.5) is 11.5 Å². The largest absolute Gasteiger partial charge is 0.397 e. The fourth-order valence-electron chi connectivity index (χ4n) is 1.23. The van der Waals surface area contributed by atoms with Crippen LogP contribution < -0.4 is 16.8 Å². The van der Waals surface area contributed by atoms with Crippen molar-refractivity contribution in [2.24, 2.45) is 11.7 Å². The Labute approximate surface area is 91.2 Å². The van der Waals surface area contributed by atoms with Crippen molar-refractivity contribution in [3.05, 3.63) is 11.8 Å². The molecule has 0 bridgehead atoms. The number of hydrogen-bond acceptors (Lipinski definition) is 5. The molecule has 1 aliphatic rings. The van der Waals surface area contributed by atoms with Crippen molar-refractivity contribution in [1.29, 1.82) is 0 Å². The number of hydrogen-bond donors (Lipinski definition) is 3. The smallest absolute Gasteiger partial charge is 0.271 e. The molecule has 2 amide bonds. The number of primary amides is 1. The first kappa shape index (κ1) is 10.3. The Balaban J connectivity index is 2.14. The maximum atomic E-state index is 11.4. The van der Waals surface area contributed by atoms with Crippen LogP contribution >= 0.6 is 0 Å². The third-order valence-electron chi connectivity index (χ3n) is 2.26. The molecule has 0 atom stereocenters. The van der Waals surface area contributed by atoms with Crippen LogP contribution in [-0.4, -0.2) is 22.0 Å². The van der Waals surface area contributed by atoms with E-state index in [1.807, 2.05) is 0 Å². The van der Waals surface area contributed by atoms with Gasteiger partial charge in [-0.1, -0.05) is 0 Å². The van der Waals surface area contributed by atoms with Crippen molar-refractivity contribution in [3.63, 3.8) is 0 Å². The van der Waals surface area contributed by atoms with Crippen molar-refractivity contribution < 1.29 is 9.59 Å². The third-order valence-corrected chi connectivity index (χ3v) is 2.26. The molecule has 0 saturated heterocycles. The predicted octanol–water partition coefficient (Wildman–Crippen LogP) is -0.494. The Kier molecular flexibility index (Phi) is 2.43. The van der Waals surface area contributed by atoms with Crippen molar-refractivity contribution in [3.8, 4) is 0 Å². The van der Waals surface area contributed by atoms with Crippen molar-refractivity contribution in [1.82, 2.24) is 10.2 Å². The number of nitrogens with one attached hydrogen (secondary N) is 1. The minimum Gasteiger partial charge on any atom is -0.397 e. The summed E-state index contributed by atoms with van der Waals surface area (Å²) in [6, 6.07) is 1.37. The van der Waals surface area contributed by atoms with Crippen LogP contribution in [0.2, 0.25) is 0 Å². The number of aromatic nitrogens is 2. The average Bonchev–Trinajstić information content (AvgIpc) is 2.99. The molecule has 84 valence electrons. The summed E-state index contributed by atoms with van der Waals surface area (Å²) in [6.07, 6.45) is 1.79. The molecule has 1 aromatic rings. The van der Waals surface area contributed by atoms with Crippen LogP contribution in [0.5, 0.6) is 0 Å². The zero-order valence-corrected chi connectivity index (χ0v) is 8.43. The molecule has 1 aromatic heterocycles. The SMILES string of the molecule is NC(=O)c1nnc(NC(=O)C2CC2)cc1N. The first-order chi connectivity index (χ1) is 7.58. The Morgan fingerprint density at radius 2 is 2.06 bits per heavy atom. The van der Waals surface area contributed by atoms with E-state index in [9.17, 15) is 9.59 Å². The molecule has 0 radical (unpaired) electrons. The van der Waals surface area contributed by atoms with Crippen LogP contribution in [0.3, 0.4) is 0 Å². The topological polar surface area (TPSA) is 124 Å². The predicted molar refractivity (Wildman–Crippen MR) is 56.3 cm³/mol. The Morgan fingerprint density at radius 3 is 2.56 bits per heavy atom. The molecule has 0 aliphatic heterocycles. The van der Waals surface area contributed by atoms with Crippen molar-refractivity contribution in [2.45, 2.75) is 12.8 Å². The highest BCUT2D eigenvalue weighted by atomic mass is 16.2. The van der Waals surface area contributed by atoms with Gasteiger partial charge in [0.25, 0.3) is 5.91 Å². The minimum atomic E-state index is -0.745. The molecule has 1 aliphatic carbocycles. The van der Waals surface area contributed by atoms with Crippen molar-refractivity contribution in [2.75, 3.05) is 11.1 Å². The van der Waals surface area contributed by atoms with Crippen LogP contribution in [0.25, 0.3) is 0 Å². The molecule has 2 rings (SSSR count). The van der Waals surface area contributed by atoms with Gasteiger partial charge in [-0.05, 0) is 12.8 Å². The normalized spacial score (nSPS) is 14.5. The lowest BCUT2D eigenvalue weighted by atomic mass is 10.3. The van der Waals surface area contributed by atoms with Crippen LogP contribution in [0.1, 0.15) is 23.3 Å². The van der Waals surface area contributed by atoms with Gasteiger partial charge in [0, 0.05) is 12.0 Å². The van der Waals surface area contributed by atoms with Gasteiger partial charge in [0.2, 0.25) is 5.91 Å². The average molecular weight is 221 g/mol. The first-order valence-corrected chi connectivity index (χ1v) is 4.82. The Morgan fingerprint density at radius 1 is 1.38 bits per heavy atom. The summed E-state index contributed by atoms with van der Waals surface area (Å²) in [5.41, 5.74) is 10.6. The fourth-order valence-corrected chi connectivity index (χ4v) is 1.23. The molecule has 1 heterocycles. The lowest BCUT2D eigenvalue weighted by Crippen LogP contribution is -2.19. The van der Waals surface area contributed by atoms with Crippen molar-refractivity contribution >= 4 is 23.3 Å². The number of nitrogen functional groups attached to an aromatic ring is 1. The van der Waals surface area contributed by atoms with E-state index >= 15 is 0 Å². The highest BCUT2D eigenvalue weighted by molar-refractivity contribution is 5.97. The van der Waals surface area contributed by atoms with E-state index in [-0.39, 0.29) is 29.0 Å². The van der Waals surface area contributed by atoms with E-state index < -0.39 is 5.91 Å². The summed E-state index contributed by atoms with van der Waals surface area (Å²) < 4.78 is 0. The number of carbonyl (C=O) groups is 2. The van der Waals surface area contributed by atoms with E-state index in [1.165, 1.54) is 6.07 Å². The van der Waals surface area contributed by atoms with Gasteiger partial charge >= 0.3 is 0 Å². The lowest BCUT2D eigenvalue weighted by molar-refractivity contribution is -0.117. The number of anilines is 2. The molecule has 0 unspecified atom stereocenters. The standard InChI is InChI=1S/C9H11N5O2/c10-5-3-6(12-9(16)4-1-2-4)13-14-7(5)8(11)15/h3-4H,1-2H2,(H2,11,15)(H3,10,12,13,16). The maximum Gasteiger partial charge on any atom is 0.271 e. The van der Waals surface area contributed by atoms with E-state index in [0.717, 1.165) is 12.8 Å². The zero-order valence-electron chi connectivity index (χ0n) is 8.43. The maximum absolute atomic E-state index is 11.4. The van der Waals surface area contributed by atoms with E-state index in [4.69, 9.17) is 11.5 Å². The monoisotopic (exact) mass is 221 g/mol. The first-order valence-electron chi connectivity index (χ1n) is 4.82. The summed E-state index contributed by atoms with van der Waals surface area (Å²) in [4.78, 5) is 22.2. The highest BCUT2D eigenvalue weighted by Crippen LogP contribution is 2.30. The number of amides is 2. The highest BCUT2D eigenvalue weighted by Gasteiger charge is 2.30. The minimum absolute atomic E-state index is 0.0684. The molecule has 0 spiro atoms. The fraction of sp³-hybridized carbons (Fsp3) is 0.333. The van der Waals surface area contributed by atoms with Gasteiger partial charge in [0.1, 0.15) is 0 Å². The molecule has 1 saturated carbocycles. The molecule has 7 heteroatoms. The lowest BCUT2D eigenvalue weighted by Gasteiger charge is -2.04. The van der Waals surface area contributed by atoms with E-state index in [1.54, 1.807) is 0 Å². The van der Waals surface area contributed by atoms with Crippen LogP contribution in [0.15, 0.2) is 6.07 Å². The molecule has 16 heavy (non-hydrogen) atoms. The van der Waals surface area contributed by atoms with E-state index in [2.05, 4.69) is 15.5 Å². The Hall–Kier alpha value is -2.18. The summed E-state index contributed by atoms with van der Waals surface area (Å²) in [7, 11) is 0. The summed E-state index contributed by atoms with van der Waals surface area (Å²) in [6.45, 7) is 0. The summed E-state index contributed by atoms with van der Waals surface area (Å²) in [5, 5.41) is 9.76. The van der Waals surface area contributed by atoms with Gasteiger partial charge in [-0.15, -0.1) is 10.2 Å². The number of nitrogens with zero attached hydrogens (tertiary/aromatic N) is 2. The van der Waals surface area contributed by atoms with E-state index in [0.29, 0.717) is 0 Å². The molecule has 7 nitrogen and oxygen atoms in total. The number of nitrogens with two attached hydrogens (primary N) is 2. The van der Waals surface area contributed by atoms with Gasteiger partial charge < -0.3 is 16.8 Å². The van der Waals surface area contributed by atoms with Gasteiger partial charge in [0.05, 0.1) is 5.69 Å². The number of carbonyl (C=O) groups excluding carboxylic acids is 2. The van der Waals surface area contributed by atoms with Gasteiger partial charge in [-0.3, -0.25) is 9.59 Å². The Bertz CT molecular complexity index is 455. The number of rotatable bonds is 3. The molecule has 5 N–H and O–H groups in total.